The summed E-state index contributed by atoms with van der Waals surface area (Å²) in [5.74, 6) is 0.364. The van der Waals surface area contributed by atoms with E-state index in [0.29, 0.717) is 17.1 Å². The highest BCUT2D eigenvalue weighted by molar-refractivity contribution is 6.17. The van der Waals surface area contributed by atoms with Gasteiger partial charge in [-0.1, -0.05) is 12.6 Å². The minimum atomic E-state index is -0.530. The second-order valence-corrected chi connectivity index (χ2v) is 4.39. The van der Waals surface area contributed by atoms with Crippen LogP contribution in [0.15, 0.2) is 18.7 Å². The van der Waals surface area contributed by atoms with Crippen molar-refractivity contribution in [1.82, 2.24) is 0 Å². The van der Waals surface area contributed by atoms with Crippen LogP contribution in [-0.2, 0) is 19.0 Å². The molecular formula is C16H22O6. The van der Waals surface area contributed by atoms with E-state index in [2.05, 4.69) is 6.58 Å². The summed E-state index contributed by atoms with van der Waals surface area (Å²) in [5.41, 5.74) is 1.41. The summed E-state index contributed by atoms with van der Waals surface area (Å²) in [4.78, 5) is 12.0. The number of carbonyl (C=O) groups excluding carboxylic acids is 1. The zero-order chi connectivity index (χ0) is 16.5. The average molecular weight is 310 g/mol. The van der Waals surface area contributed by atoms with Crippen molar-refractivity contribution in [2.75, 3.05) is 34.4 Å². The molecule has 0 unspecified atom stereocenters. The van der Waals surface area contributed by atoms with Crippen LogP contribution in [-0.4, -0.2) is 40.4 Å². The molecule has 0 atom stereocenters. The Kier molecular flexibility index (Phi) is 7.42. The van der Waals surface area contributed by atoms with Gasteiger partial charge in [-0.2, -0.15) is 0 Å². The van der Waals surface area contributed by atoms with E-state index in [-0.39, 0.29) is 25.8 Å². The molecule has 0 aliphatic heterocycles. The Morgan fingerprint density at radius 3 is 2.36 bits per heavy atom. The molecule has 0 N–H and O–H groups in total. The van der Waals surface area contributed by atoms with Crippen molar-refractivity contribution in [3.8, 4) is 11.5 Å². The van der Waals surface area contributed by atoms with E-state index >= 15 is 0 Å². The minimum absolute atomic E-state index is 0.0376. The van der Waals surface area contributed by atoms with Gasteiger partial charge in [0.25, 0.3) is 0 Å². The molecule has 1 aromatic rings. The Morgan fingerprint density at radius 2 is 1.77 bits per heavy atom. The minimum Gasteiger partial charge on any atom is -0.467 e. The second-order valence-electron chi connectivity index (χ2n) is 4.39. The summed E-state index contributed by atoms with van der Waals surface area (Å²) in [7, 11) is 3.02. The molecule has 0 aromatic heterocycles. The van der Waals surface area contributed by atoms with Crippen molar-refractivity contribution >= 4 is 11.5 Å². The topological polar surface area (TPSA) is 63.2 Å². The van der Waals surface area contributed by atoms with E-state index in [0.717, 1.165) is 5.56 Å². The summed E-state index contributed by atoms with van der Waals surface area (Å²) in [5, 5.41) is 0. The van der Waals surface area contributed by atoms with Crippen LogP contribution in [0.4, 0.5) is 0 Å². The van der Waals surface area contributed by atoms with E-state index < -0.39 is 5.97 Å². The van der Waals surface area contributed by atoms with Gasteiger partial charge in [-0.15, -0.1) is 0 Å². The zero-order valence-electron chi connectivity index (χ0n) is 13.4. The first kappa shape index (κ1) is 18.0. The van der Waals surface area contributed by atoms with Crippen molar-refractivity contribution < 1.29 is 28.5 Å². The summed E-state index contributed by atoms with van der Waals surface area (Å²) < 4.78 is 25.9. The van der Waals surface area contributed by atoms with Gasteiger partial charge in [-0.3, -0.25) is 0 Å². The highest BCUT2D eigenvalue weighted by Gasteiger charge is 2.22. The molecule has 0 radical (unpaired) electrons. The van der Waals surface area contributed by atoms with Gasteiger partial charge < -0.3 is 23.7 Å². The van der Waals surface area contributed by atoms with Crippen LogP contribution in [0, 0.1) is 6.92 Å². The first-order chi connectivity index (χ1) is 10.6. The molecule has 22 heavy (non-hydrogen) atoms. The maximum absolute atomic E-state index is 12.0. The molecule has 0 amide bonds. The SMILES string of the molecule is C=C(C(=O)OCC)c1c(OCOC)ccc(C)c1OCOC. The lowest BCUT2D eigenvalue weighted by atomic mass is 10.0. The third kappa shape index (κ3) is 4.47. The van der Waals surface area contributed by atoms with Gasteiger partial charge in [0.15, 0.2) is 13.6 Å². The fourth-order valence-corrected chi connectivity index (χ4v) is 1.82. The summed E-state index contributed by atoms with van der Waals surface area (Å²) >= 11 is 0. The smallest absolute Gasteiger partial charge is 0.338 e. The number of rotatable bonds is 9. The number of methoxy groups -OCH3 is 2. The monoisotopic (exact) mass is 310 g/mol. The third-order valence-electron chi connectivity index (χ3n) is 2.79. The van der Waals surface area contributed by atoms with E-state index in [1.807, 2.05) is 13.0 Å². The first-order valence-corrected chi connectivity index (χ1v) is 6.80. The maximum atomic E-state index is 12.0. The van der Waals surface area contributed by atoms with Gasteiger partial charge in [-0.25, -0.2) is 4.79 Å². The Balaban J connectivity index is 3.28. The lowest BCUT2D eigenvalue weighted by molar-refractivity contribution is -0.136. The Labute approximate surface area is 130 Å². The van der Waals surface area contributed by atoms with Crippen molar-refractivity contribution in [1.29, 1.82) is 0 Å². The Bertz CT molecular complexity index is 524. The van der Waals surface area contributed by atoms with Crippen LogP contribution in [0.1, 0.15) is 18.1 Å². The van der Waals surface area contributed by atoms with Crippen LogP contribution in [0.25, 0.3) is 5.57 Å². The Hall–Kier alpha value is -2.05. The number of hydrogen-bond acceptors (Lipinski definition) is 6. The number of carbonyl (C=O) groups is 1. The number of benzene rings is 1. The standard InChI is InChI=1S/C16H22O6/c1-6-20-16(17)12(3)14-13(21-9-18-4)8-7-11(2)15(14)22-10-19-5/h7-8H,3,6,9-10H2,1-2,4-5H3. The second kappa shape index (κ2) is 9.07. The van der Waals surface area contributed by atoms with Gasteiger partial charge in [0.1, 0.15) is 11.5 Å². The molecule has 0 aliphatic carbocycles. The van der Waals surface area contributed by atoms with Gasteiger partial charge in [-0.05, 0) is 25.5 Å². The highest BCUT2D eigenvalue weighted by atomic mass is 16.7. The Morgan fingerprint density at radius 1 is 1.14 bits per heavy atom. The number of hydrogen-bond donors (Lipinski definition) is 0. The van der Waals surface area contributed by atoms with Crippen molar-refractivity contribution in [2.45, 2.75) is 13.8 Å². The largest absolute Gasteiger partial charge is 0.467 e. The lowest BCUT2D eigenvalue weighted by Crippen LogP contribution is -2.11. The quantitative estimate of drug-likeness (QED) is 0.397. The summed E-state index contributed by atoms with van der Waals surface area (Å²) in [6.45, 7) is 7.72. The van der Waals surface area contributed by atoms with Crippen molar-refractivity contribution in [3.63, 3.8) is 0 Å². The zero-order valence-corrected chi connectivity index (χ0v) is 13.4. The van der Waals surface area contributed by atoms with E-state index in [9.17, 15) is 4.79 Å². The maximum Gasteiger partial charge on any atom is 0.338 e. The van der Waals surface area contributed by atoms with Gasteiger partial charge in [0.2, 0.25) is 0 Å². The molecule has 6 heteroatoms. The van der Waals surface area contributed by atoms with Crippen LogP contribution < -0.4 is 9.47 Å². The van der Waals surface area contributed by atoms with Gasteiger partial charge >= 0.3 is 5.97 Å². The molecule has 0 saturated carbocycles. The normalized spacial score (nSPS) is 10.2. The predicted molar refractivity (Wildman–Crippen MR) is 81.9 cm³/mol. The first-order valence-electron chi connectivity index (χ1n) is 6.80. The van der Waals surface area contributed by atoms with E-state index in [1.165, 1.54) is 14.2 Å². The molecule has 6 nitrogen and oxygen atoms in total. The molecule has 0 saturated heterocycles. The van der Waals surface area contributed by atoms with Crippen LogP contribution >= 0.6 is 0 Å². The van der Waals surface area contributed by atoms with Crippen molar-refractivity contribution in [3.05, 3.63) is 29.8 Å². The third-order valence-corrected chi connectivity index (χ3v) is 2.79. The van der Waals surface area contributed by atoms with Gasteiger partial charge in [0.05, 0.1) is 17.7 Å². The predicted octanol–water partition coefficient (Wildman–Crippen LogP) is 2.54. The van der Waals surface area contributed by atoms with Crippen LogP contribution in [0.2, 0.25) is 0 Å². The molecule has 0 heterocycles. The fraction of sp³-hybridized carbons (Fsp3) is 0.438. The van der Waals surface area contributed by atoms with Crippen LogP contribution in [0.3, 0.4) is 0 Å². The molecule has 122 valence electrons. The average Bonchev–Trinajstić information content (AvgIpc) is 2.51. The van der Waals surface area contributed by atoms with E-state index in [4.69, 9.17) is 23.7 Å². The van der Waals surface area contributed by atoms with Crippen molar-refractivity contribution in [2.24, 2.45) is 0 Å². The lowest BCUT2D eigenvalue weighted by Gasteiger charge is -2.18. The highest BCUT2D eigenvalue weighted by Crippen LogP contribution is 2.37. The molecule has 1 aromatic carbocycles. The molecule has 0 fully saturated rings. The number of ether oxygens (including phenoxy) is 5. The molecule has 0 aliphatic rings. The van der Waals surface area contributed by atoms with E-state index in [1.54, 1.807) is 13.0 Å². The van der Waals surface area contributed by atoms with Crippen LogP contribution in [0.5, 0.6) is 11.5 Å². The molecule has 0 bridgehead atoms. The number of aryl methyl sites for hydroxylation is 1. The molecule has 1 rings (SSSR count). The molecule has 0 spiro atoms. The fourth-order valence-electron chi connectivity index (χ4n) is 1.82. The van der Waals surface area contributed by atoms with Gasteiger partial charge in [0, 0.05) is 14.2 Å². The number of esters is 1. The molecular weight excluding hydrogens is 288 g/mol. The summed E-state index contributed by atoms with van der Waals surface area (Å²) in [6.07, 6.45) is 0. The summed E-state index contributed by atoms with van der Waals surface area (Å²) in [6, 6.07) is 3.55.